The molecule has 160 valence electrons. The highest BCUT2D eigenvalue weighted by Gasteiger charge is 2.21. The summed E-state index contributed by atoms with van der Waals surface area (Å²) in [5.41, 5.74) is 2.62. The van der Waals surface area contributed by atoms with Gasteiger partial charge < -0.3 is 23.9 Å². The van der Waals surface area contributed by atoms with Crippen molar-refractivity contribution in [3.05, 3.63) is 59.9 Å². The Hall–Kier alpha value is -3.58. The highest BCUT2D eigenvalue weighted by molar-refractivity contribution is 6.11. The second-order valence-electron chi connectivity index (χ2n) is 7.35. The molecule has 2 aromatic carbocycles. The molecule has 0 atom stereocenters. The first kappa shape index (κ1) is 20.7. The lowest BCUT2D eigenvalue weighted by atomic mass is 10.1. The Morgan fingerprint density at radius 3 is 2.55 bits per heavy atom. The maximum atomic E-state index is 12.6. The molecule has 4 aromatic rings. The predicted octanol–water partition coefficient (Wildman–Crippen LogP) is 5.23. The summed E-state index contributed by atoms with van der Waals surface area (Å²) >= 11 is 0. The average Bonchev–Trinajstić information content (AvgIpc) is 3.12. The number of hydrogen-bond donors (Lipinski definition) is 1. The molecule has 0 aliphatic rings. The van der Waals surface area contributed by atoms with E-state index in [1.807, 2.05) is 42.5 Å². The zero-order valence-corrected chi connectivity index (χ0v) is 17.9. The molecule has 0 aliphatic heterocycles. The summed E-state index contributed by atoms with van der Waals surface area (Å²) < 4.78 is 22.2. The molecule has 0 radical (unpaired) electrons. The van der Waals surface area contributed by atoms with Crippen LogP contribution in [0.5, 0.6) is 17.2 Å². The maximum Gasteiger partial charge on any atom is 0.357 e. The topological polar surface area (TPSA) is 82.7 Å². The number of ether oxygens (including phenoxy) is 4. The van der Waals surface area contributed by atoms with Gasteiger partial charge in [-0.2, -0.15) is 0 Å². The molecule has 0 bridgehead atoms. The summed E-state index contributed by atoms with van der Waals surface area (Å²) in [6, 6.07) is 13.2. The Morgan fingerprint density at radius 1 is 1.06 bits per heavy atom. The van der Waals surface area contributed by atoms with Crippen LogP contribution in [-0.2, 0) is 16.1 Å². The van der Waals surface area contributed by atoms with E-state index in [1.165, 1.54) is 0 Å². The van der Waals surface area contributed by atoms with E-state index in [4.69, 9.17) is 18.9 Å². The Labute approximate surface area is 179 Å². The van der Waals surface area contributed by atoms with Crippen LogP contribution in [0.4, 0.5) is 0 Å². The summed E-state index contributed by atoms with van der Waals surface area (Å²) in [6.45, 7) is 3.83. The Kier molecular flexibility index (Phi) is 5.77. The summed E-state index contributed by atoms with van der Waals surface area (Å²) in [4.78, 5) is 20.3. The number of benzene rings is 2. The minimum absolute atomic E-state index is 0.220. The number of pyridine rings is 1. The number of hydrogen-bond acceptors (Lipinski definition) is 6. The summed E-state index contributed by atoms with van der Waals surface area (Å²) in [7, 11) is 3.19. The summed E-state index contributed by atoms with van der Waals surface area (Å²) in [5.74, 6) is 1.43. The van der Waals surface area contributed by atoms with Crippen LogP contribution in [-0.4, -0.2) is 36.3 Å². The monoisotopic (exact) mass is 420 g/mol. The van der Waals surface area contributed by atoms with Crippen LogP contribution in [0, 0.1) is 0 Å². The fraction of sp³-hybridized carbons (Fsp3) is 0.250. The van der Waals surface area contributed by atoms with Crippen LogP contribution in [0.3, 0.4) is 0 Å². The molecule has 0 unspecified atom stereocenters. The number of nitrogens with one attached hydrogen (secondary N) is 1. The van der Waals surface area contributed by atoms with Gasteiger partial charge in [0.05, 0.1) is 31.5 Å². The molecule has 4 rings (SSSR count). The maximum absolute atomic E-state index is 12.6. The number of fused-ring (bicyclic) bond motifs is 3. The van der Waals surface area contributed by atoms with Gasteiger partial charge in [-0.15, -0.1) is 0 Å². The van der Waals surface area contributed by atoms with Gasteiger partial charge in [-0.3, -0.25) is 0 Å². The predicted molar refractivity (Wildman–Crippen MR) is 118 cm³/mol. The molecule has 0 aliphatic carbocycles. The fourth-order valence-electron chi connectivity index (χ4n) is 3.56. The lowest BCUT2D eigenvalue weighted by Crippen LogP contribution is -2.15. The highest BCUT2D eigenvalue weighted by Crippen LogP contribution is 2.36. The van der Waals surface area contributed by atoms with Crippen LogP contribution < -0.4 is 9.47 Å². The molecular weight excluding hydrogens is 396 g/mol. The molecule has 0 saturated heterocycles. The normalized spacial score (nSPS) is 11.3. The number of rotatable bonds is 7. The van der Waals surface area contributed by atoms with Gasteiger partial charge in [0.15, 0.2) is 17.2 Å². The number of para-hydroxylation sites is 2. The fourth-order valence-corrected chi connectivity index (χ4v) is 3.56. The van der Waals surface area contributed by atoms with Crippen LogP contribution >= 0.6 is 0 Å². The quantitative estimate of drug-likeness (QED) is 0.412. The van der Waals surface area contributed by atoms with Gasteiger partial charge in [0, 0.05) is 29.0 Å². The van der Waals surface area contributed by atoms with E-state index in [9.17, 15) is 4.79 Å². The number of carbonyl (C=O) groups excluding carboxylic acids is 1. The van der Waals surface area contributed by atoms with Crippen molar-refractivity contribution in [2.75, 3.05) is 14.2 Å². The number of H-pyrrole nitrogens is 1. The van der Waals surface area contributed by atoms with Crippen LogP contribution in [0.25, 0.3) is 21.8 Å². The van der Waals surface area contributed by atoms with E-state index in [-0.39, 0.29) is 18.4 Å². The molecule has 7 heteroatoms. The molecule has 7 nitrogen and oxygen atoms in total. The lowest BCUT2D eigenvalue weighted by molar-refractivity contribution is 0.0366. The Balaban J connectivity index is 1.85. The first-order chi connectivity index (χ1) is 15.0. The minimum atomic E-state index is -0.472. The number of aromatic amines is 1. The Bertz CT molecular complexity index is 1250. The van der Waals surface area contributed by atoms with Crippen molar-refractivity contribution in [3.63, 3.8) is 0 Å². The molecule has 2 aromatic heterocycles. The van der Waals surface area contributed by atoms with Gasteiger partial charge in [0.25, 0.3) is 0 Å². The number of esters is 1. The van der Waals surface area contributed by atoms with Crippen LogP contribution in [0.2, 0.25) is 0 Å². The van der Waals surface area contributed by atoms with Crippen molar-refractivity contribution in [1.82, 2.24) is 9.97 Å². The van der Waals surface area contributed by atoms with Crippen molar-refractivity contribution < 1.29 is 23.7 Å². The second-order valence-corrected chi connectivity index (χ2v) is 7.35. The smallest absolute Gasteiger partial charge is 0.357 e. The number of carbonyl (C=O) groups is 1. The van der Waals surface area contributed by atoms with Crippen molar-refractivity contribution in [2.45, 2.75) is 26.6 Å². The van der Waals surface area contributed by atoms with Crippen LogP contribution in [0.15, 0.2) is 48.7 Å². The van der Waals surface area contributed by atoms with Gasteiger partial charge >= 0.3 is 5.97 Å². The third-order valence-electron chi connectivity index (χ3n) is 4.83. The van der Waals surface area contributed by atoms with Gasteiger partial charge in [-0.25, -0.2) is 9.78 Å². The molecule has 0 spiro atoms. The van der Waals surface area contributed by atoms with E-state index < -0.39 is 5.97 Å². The van der Waals surface area contributed by atoms with E-state index in [2.05, 4.69) is 9.97 Å². The van der Waals surface area contributed by atoms with Crippen LogP contribution in [0.1, 0.15) is 29.9 Å². The molecule has 2 heterocycles. The number of aromatic nitrogens is 2. The van der Waals surface area contributed by atoms with E-state index in [0.717, 1.165) is 21.8 Å². The van der Waals surface area contributed by atoms with Gasteiger partial charge in [0.1, 0.15) is 5.75 Å². The second kappa shape index (κ2) is 8.65. The van der Waals surface area contributed by atoms with E-state index in [0.29, 0.717) is 22.8 Å². The number of nitrogens with zero attached hydrogens (tertiary/aromatic N) is 1. The summed E-state index contributed by atoms with van der Waals surface area (Å²) in [6.07, 6.45) is 1.40. The lowest BCUT2D eigenvalue weighted by Gasteiger charge is -2.12. The first-order valence-electron chi connectivity index (χ1n) is 9.96. The molecule has 31 heavy (non-hydrogen) atoms. The van der Waals surface area contributed by atoms with Gasteiger partial charge in [-0.1, -0.05) is 12.1 Å². The third kappa shape index (κ3) is 4.04. The zero-order valence-electron chi connectivity index (χ0n) is 17.9. The molecular formula is C24H24N2O5. The van der Waals surface area contributed by atoms with E-state index >= 15 is 0 Å². The van der Waals surface area contributed by atoms with Crippen molar-refractivity contribution >= 4 is 27.8 Å². The highest BCUT2D eigenvalue weighted by atomic mass is 16.5. The van der Waals surface area contributed by atoms with Crippen molar-refractivity contribution in [1.29, 1.82) is 0 Å². The van der Waals surface area contributed by atoms with Crippen molar-refractivity contribution in [3.8, 4) is 17.2 Å². The SMILES string of the molecule is COCc1c(C(=O)OC(C)C)ncc2[nH]c3ccc(Oc4ccccc4OC)cc3c12. The van der Waals surface area contributed by atoms with Gasteiger partial charge in [0.2, 0.25) is 0 Å². The zero-order chi connectivity index (χ0) is 22.0. The largest absolute Gasteiger partial charge is 0.493 e. The molecule has 0 fully saturated rings. The first-order valence-corrected chi connectivity index (χ1v) is 9.96. The van der Waals surface area contributed by atoms with Crippen molar-refractivity contribution in [2.24, 2.45) is 0 Å². The average molecular weight is 420 g/mol. The molecule has 0 saturated carbocycles. The minimum Gasteiger partial charge on any atom is -0.493 e. The Morgan fingerprint density at radius 2 is 1.84 bits per heavy atom. The standard InChI is InChI=1S/C24H24N2O5/c1-14(2)30-24(27)23-17(13-28-3)22-16-11-15(9-10-18(16)26-19(22)12-25-23)31-21-8-6-5-7-20(21)29-4/h5-12,14,26H,13H2,1-4H3. The van der Waals surface area contributed by atoms with E-state index in [1.54, 1.807) is 34.3 Å². The number of methoxy groups -OCH3 is 2. The molecule has 1 N–H and O–H groups in total. The van der Waals surface area contributed by atoms with Gasteiger partial charge in [-0.05, 0) is 44.2 Å². The third-order valence-corrected chi connectivity index (χ3v) is 4.83. The molecule has 0 amide bonds. The summed E-state index contributed by atoms with van der Waals surface area (Å²) in [5, 5.41) is 1.75.